The number of ether oxygens (including phenoxy) is 3. The molecule has 2 aromatic rings. The van der Waals surface area contributed by atoms with E-state index >= 15 is 0 Å². The van der Waals surface area contributed by atoms with E-state index in [-0.39, 0.29) is 27.8 Å². The Morgan fingerprint density at radius 2 is 1.88 bits per heavy atom. The molecule has 7 nitrogen and oxygen atoms in total. The summed E-state index contributed by atoms with van der Waals surface area (Å²) in [6, 6.07) is 4.46. The number of sulfonamides is 1. The molecule has 0 amide bonds. The summed E-state index contributed by atoms with van der Waals surface area (Å²) < 4.78 is 43.6. The molecular formula is C17H21NO6S2. The highest BCUT2D eigenvalue weighted by molar-refractivity contribution is 7.93. The topological polar surface area (TPSA) is 90.9 Å². The van der Waals surface area contributed by atoms with Gasteiger partial charge in [-0.3, -0.25) is 4.72 Å². The van der Waals surface area contributed by atoms with E-state index in [1.165, 1.54) is 37.7 Å². The van der Waals surface area contributed by atoms with Gasteiger partial charge in [0.25, 0.3) is 10.0 Å². The fraction of sp³-hybridized carbons (Fsp3) is 0.353. The molecule has 0 fully saturated rings. The van der Waals surface area contributed by atoms with Crippen LogP contribution in [0.4, 0.5) is 5.00 Å². The van der Waals surface area contributed by atoms with Gasteiger partial charge in [0.05, 0.1) is 26.4 Å². The average Bonchev–Trinajstić information content (AvgIpc) is 2.87. The molecular weight excluding hydrogens is 378 g/mol. The van der Waals surface area contributed by atoms with Gasteiger partial charge in [0.1, 0.15) is 21.4 Å². The van der Waals surface area contributed by atoms with Crippen molar-refractivity contribution in [1.82, 2.24) is 0 Å². The van der Waals surface area contributed by atoms with Gasteiger partial charge in [0.15, 0.2) is 0 Å². The molecule has 1 aromatic carbocycles. The number of thiophene rings is 1. The highest BCUT2D eigenvalue weighted by Crippen LogP contribution is 2.36. The van der Waals surface area contributed by atoms with Crippen LogP contribution in [0.15, 0.2) is 23.1 Å². The van der Waals surface area contributed by atoms with Gasteiger partial charge in [0.2, 0.25) is 0 Å². The van der Waals surface area contributed by atoms with Gasteiger partial charge in [-0.05, 0) is 38.5 Å². The van der Waals surface area contributed by atoms with Crippen molar-refractivity contribution in [2.75, 3.05) is 25.5 Å². The number of hydrogen-bond acceptors (Lipinski definition) is 7. The molecule has 1 heterocycles. The zero-order valence-corrected chi connectivity index (χ0v) is 16.8. The van der Waals surface area contributed by atoms with Crippen LogP contribution in [0.25, 0.3) is 0 Å². The predicted octanol–water partition coefficient (Wildman–Crippen LogP) is 3.36. The van der Waals surface area contributed by atoms with Gasteiger partial charge in [-0.25, -0.2) is 13.2 Å². The van der Waals surface area contributed by atoms with Crippen LogP contribution in [-0.4, -0.2) is 35.2 Å². The van der Waals surface area contributed by atoms with Crippen molar-refractivity contribution in [3.63, 3.8) is 0 Å². The van der Waals surface area contributed by atoms with Crippen molar-refractivity contribution in [3.8, 4) is 11.5 Å². The Labute approximate surface area is 156 Å². The van der Waals surface area contributed by atoms with Crippen LogP contribution in [0.1, 0.15) is 27.7 Å². The Hall–Kier alpha value is -2.26. The van der Waals surface area contributed by atoms with E-state index in [1.807, 2.05) is 6.92 Å². The minimum atomic E-state index is -4.02. The normalized spacial score (nSPS) is 11.1. The third-order valence-corrected chi connectivity index (χ3v) is 6.38. The van der Waals surface area contributed by atoms with Crippen LogP contribution in [-0.2, 0) is 14.8 Å². The molecule has 0 aliphatic heterocycles. The van der Waals surface area contributed by atoms with Gasteiger partial charge in [-0.2, -0.15) is 0 Å². The van der Waals surface area contributed by atoms with Crippen molar-refractivity contribution < 1.29 is 27.4 Å². The number of nitrogens with one attached hydrogen (secondary N) is 1. The van der Waals surface area contributed by atoms with Crippen molar-refractivity contribution >= 4 is 32.3 Å². The Kier molecular flexibility index (Phi) is 6.14. The average molecular weight is 399 g/mol. The number of carbonyl (C=O) groups is 1. The number of benzene rings is 1. The summed E-state index contributed by atoms with van der Waals surface area (Å²) in [5.41, 5.74) is 0.906. The number of rotatable bonds is 7. The Bertz CT molecular complexity index is 918. The summed E-state index contributed by atoms with van der Waals surface area (Å²) >= 11 is 1.18. The standard InChI is InChI=1S/C17H21NO6S2/c1-6-24-17(19)15-10(2)11(3)25-16(15)18-26(20,21)14-9-12(22-4)7-8-13(14)23-5/h7-9,18H,6H2,1-5H3. The molecule has 1 N–H and O–H groups in total. The summed E-state index contributed by atoms with van der Waals surface area (Å²) in [4.78, 5) is 13.0. The molecule has 0 radical (unpaired) electrons. The van der Waals surface area contributed by atoms with Gasteiger partial charge in [-0.15, -0.1) is 11.3 Å². The minimum absolute atomic E-state index is 0.0853. The van der Waals surface area contributed by atoms with Crippen molar-refractivity contribution in [3.05, 3.63) is 34.2 Å². The van der Waals surface area contributed by atoms with Crippen LogP contribution >= 0.6 is 11.3 Å². The van der Waals surface area contributed by atoms with Crippen molar-refractivity contribution in [2.24, 2.45) is 0 Å². The molecule has 142 valence electrons. The maximum atomic E-state index is 12.9. The second-order valence-corrected chi connectivity index (χ2v) is 8.21. The number of carbonyl (C=O) groups excluding carboxylic acids is 1. The van der Waals surface area contributed by atoms with E-state index in [9.17, 15) is 13.2 Å². The molecule has 0 atom stereocenters. The molecule has 0 aliphatic rings. The molecule has 0 spiro atoms. The van der Waals surface area contributed by atoms with Crippen LogP contribution < -0.4 is 14.2 Å². The number of aryl methyl sites for hydroxylation is 1. The largest absolute Gasteiger partial charge is 0.497 e. The van der Waals surface area contributed by atoms with Crippen molar-refractivity contribution in [2.45, 2.75) is 25.7 Å². The summed E-state index contributed by atoms with van der Waals surface area (Å²) in [6.45, 7) is 5.45. The first-order chi connectivity index (χ1) is 12.2. The van der Waals surface area contributed by atoms with E-state index in [1.54, 1.807) is 19.9 Å². The minimum Gasteiger partial charge on any atom is -0.497 e. The summed E-state index contributed by atoms with van der Waals surface area (Å²) in [5, 5.41) is 0.211. The summed E-state index contributed by atoms with van der Waals surface area (Å²) in [7, 11) is -1.20. The fourth-order valence-electron chi connectivity index (χ4n) is 2.32. The van der Waals surface area contributed by atoms with E-state index in [2.05, 4.69) is 4.72 Å². The lowest BCUT2D eigenvalue weighted by molar-refractivity contribution is 0.0527. The first-order valence-corrected chi connectivity index (χ1v) is 10.1. The Morgan fingerprint density at radius 3 is 2.46 bits per heavy atom. The molecule has 0 aliphatic carbocycles. The van der Waals surface area contributed by atoms with Crippen molar-refractivity contribution in [1.29, 1.82) is 0 Å². The highest BCUT2D eigenvalue weighted by atomic mass is 32.2. The lowest BCUT2D eigenvalue weighted by atomic mass is 10.2. The number of esters is 1. The number of anilines is 1. The highest BCUT2D eigenvalue weighted by Gasteiger charge is 2.27. The molecule has 9 heteroatoms. The van der Waals surface area contributed by atoms with Crippen LogP contribution in [0.2, 0.25) is 0 Å². The van der Waals surface area contributed by atoms with Gasteiger partial charge in [-0.1, -0.05) is 0 Å². The maximum absolute atomic E-state index is 12.9. The monoisotopic (exact) mass is 399 g/mol. The van der Waals surface area contributed by atoms with Crippen LogP contribution in [0.3, 0.4) is 0 Å². The van der Waals surface area contributed by atoms with Gasteiger partial charge in [0, 0.05) is 10.9 Å². The molecule has 2 rings (SSSR count). The smallest absolute Gasteiger partial charge is 0.341 e. The molecule has 1 aromatic heterocycles. The molecule has 0 saturated carbocycles. The third-order valence-electron chi connectivity index (χ3n) is 3.75. The molecule has 0 bridgehead atoms. The van der Waals surface area contributed by atoms with E-state index in [0.29, 0.717) is 11.3 Å². The zero-order chi connectivity index (χ0) is 19.5. The Balaban J connectivity index is 2.51. The predicted molar refractivity (Wildman–Crippen MR) is 100 cm³/mol. The van der Waals surface area contributed by atoms with Gasteiger partial charge < -0.3 is 14.2 Å². The second kappa shape index (κ2) is 7.96. The van der Waals surface area contributed by atoms with Crippen LogP contribution in [0, 0.1) is 13.8 Å². The lowest BCUT2D eigenvalue weighted by Gasteiger charge is -2.13. The fourth-order valence-corrected chi connectivity index (χ4v) is 4.86. The lowest BCUT2D eigenvalue weighted by Crippen LogP contribution is -2.16. The zero-order valence-electron chi connectivity index (χ0n) is 15.2. The number of hydrogen-bond donors (Lipinski definition) is 1. The summed E-state index contributed by atoms with van der Waals surface area (Å²) in [5.74, 6) is -0.0269. The Morgan fingerprint density at radius 1 is 1.19 bits per heavy atom. The maximum Gasteiger partial charge on any atom is 0.341 e. The van der Waals surface area contributed by atoms with Crippen LogP contribution in [0.5, 0.6) is 11.5 Å². The van der Waals surface area contributed by atoms with E-state index in [4.69, 9.17) is 14.2 Å². The molecule has 26 heavy (non-hydrogen) atoms. The second-order valence-electron chi connectivity index (χ2n) is 5.33. The molecule has 0 unspecified atom stereocenters. The third kappa shape index (κ3) is 3.94. The first kappa shape index (κ1) is 20.1. The number of methoxy groups -OCH3 is 2. The molecule has 0 saturated heterocycles. The van der Waals surface area contributed by atoms with E-state index in [0.717, 1.165) is 4.88 Å². The summed E-state index contributed by atoms with van der Waals surface area (Å²) in [6.07, 6.45) is 0. The van der Waals surface area contributed by atoms with E-state index < -0.39 is 16.0 Å². The first-order valence-electron chi connectivity index (χ1n) is 7.77. The quantitative estimate of drug-likeness (QED) is 0.718. The SMILES string of the molecule is CCOC(=O)c1c(NS(=O)(=O)c2cc(OC)ccc2OC)sc(C)c1C. The van der Waals surface area contributed by atoms with Gasteiger partial charge >= 0.3 is 5.97 Å².